The molecule has 0 fully saturated rings. The number of methoxy groups -OCH3 is 3. The number of rotatable bonds is 5. The van der Waals surface area contributed by atoms with Crippen LogP contribution in [0.25, 0.3) is 0 Å². The van der Waals surface area contributed by atoms with Crippen LogP contribution >= 0.6 is 0 Å². The largest absolute Gasteiger partial charge is 0.502 e. The minimum atomic E-state index is -0.818. The lowest BCUT2D eigenvalue weighted by molar-refractivity contribution is -0.157. The molecule has 0 N–H and O–H groups in total. The average molecular weight is 541 g/mol. The molecule has 1 heterocycles. The first-order valence-corrected chi connectivity index (χ1v) is 13.1. The molecule has 2 aromatic rings. The Kier molecular flexibility index (Phi) is 15.0. The fraction of sp³-hybridized carbons (Fsp3) is 0.452. The third kappa shape index (κ3) is 11.2. The van der Waals surface area contributed by atoms with Gasteiger partial charge in [0.15, 0.2) is 6.10 Å². The molecule has 8 heteroatoms. The van der Waals surface area contributed by atoms with E-state index in [2.05, 4.69) is 36.3 Å². The summed E-state index contributed by atoms with van der Waals surface area (Å²) in [5.74, 6) is 1.92. The Labute approximate surface area is 233 Å². The number of hydrogen-bond acceptors (Lipinski definition) is 7. The summed E-state index contributed by atoms with van der Waals surface area (Å²) in [4.78, 5) is 23.4. The number of esters is 1. The van der Waals surface area contributed by atoms with E-state index in [0.717, 1.165) is 41.4 Å². The Bertz CT molecular complexity index is 1080. The van der Waals surface area contributed by atoms with Gasteiger partial charge in [-0.05, 0) is 56.5 Å². The molecule has 1 aliphatic carbocycles. The highest BCUT2D eigenvalue weighted by Crippen LogP contribution is 2.33. The quantitative estimate of drug-likeness (QED) is 0.340. The molecule has 2 aliphatic rings. The molecule has 0 saturated carbocycles. The van der Waals surface area contributed by atoms with Gasteiger partial charge in [-0.15, -0.1) is 0 Å². The van der Waals surface area contributed by atoms with Crippen LogP contribution in [0, 0.1) is 5.92 Å². The van der Waals surface area contributed by atoms with Crippen molar-refractivity contribution >= 4 is 17.6 Å². The van der Waals surface area contributed by atoms with Gasteiger partial charge in [0.1, 0.15) is 11.5 Å². The van der Waals surface area contributed by atoms with Gasteiger partial charge >= 0.3 is 5.97 Å². The minimum Gasteiger partial charge on any atom is -0.502 e. The van der Waals surface area contributed by atoms with Crippen molar-refractivity contribution in [2.45, 2.75) is 60.0 Å². The number of carbonyl (C=O) groups excluding carboxylic acids is 2. The van der Waals surface area contributed by atoms with Gasteiger partial charge in [-0.25, -0.2) is 5.01 Å². The van der Waals surface area contributed by atoms with Crippen LogP contribution < -0.4 is 9.47 Å². The van der Waals surface area contributed by atoms with E-state index in [-0.39, 0.29) is 11.8 Å². The van der Waals surface area contributed by atoms with Crippen LogP contribution in [0.4, 0.5) is 0 Å². The molecular weight excluding hydrogens is 496 g/mol. The molecule has 0 aromatic heterocycles. The topological polar surface area (TPSA) is 86.7 Å². The highest BCUT2D eigenvalue weighted by Gasteiger charge is 2.36. The number of aryl methyl sites for hydroxylation is 1. The summed E-state index contributed by atoms with van der Waals surface area (Å²) in [6.07, 6.45) is 2.36. The molecule has 214 valence electrons. The molecule has 39 heavy (non-hydrogen) atoms. The Balaban J connectivity index is 0.000000389. The van der Waals surface area contributed by atoms with E-state index in [9.17, 15) is 9.59 Å². The van der Waals surface area contributed by atoms with E-state index in [4.69, 9.17) is 14.2 Å². The summed E-state index contributed by atoms with van der Waals surface area (Å²) in [7, 11) is 4.90. The zero-order valence-corrected chi connectivity index (χ0v) is 24.7. The number of carbonyl (C=O) groups is 2. The van der Waals surface area contributed by atoms with Crippen LogP contribution in [-0.2, 0) is 25.5 Å². The third-order valence-corrected chi connectivity index (χ3v) is 5.64. The van der Waals surface area contributed by atoms with Gasteiger partial charge in [0.05, 0.1) is 39.3 Å². The van der Waals surface area contributed by atoms with Gasteiger partial charge in [0.2, 0.25) is 0 Å². The van der Waals surface area contributed by atoms with E-state index >= 15 is 0 Å². The highest BCUT2D eigenvalue weighted by molar-refractivity contribution is 6.06. The number of amides is 1. The lowest BCUT2D eigenvalue weighted by atomic mass is 9.82. The second kappa shape index (κ2) is 17.7. The first kappa shape index (κ1) is 33.2. The zero-order valence-electron chi connectivity index (χ0n) is 24.7. The number of allylic oxidation sites excluding steroid dienone is 1. The fourth-order valence-electron chi connectivity index (χ4n) is 3.72. The maximum Gasteiger partial charge on any atom is 0.303 e. The van der Waals surface area contributed by atoms with Crippen molar-refractivity contribution in [1.82, 2.24) is 5.01 Å². The molecule has 0 saturated heterocycles. The molecular formula is C31H44N2O6. The molecule has 2 aromatic carbocycles. The third-order valence-electron chi connectivity index (χ3n) is 5.64. The van der Waals surface area contributed by atoms with Crippen LogP contribution in [0.3, 0.4) is 0 Å². The van der Waals surface area contributed by atoms with E-state index < -0.39 is 12.1 Å². The first-order chi connectivity index (χ1) is 18.6. The summed E-state index contributed by atoms with van der Waals surface area (Å²) in [5, 5.41) is 5.94. The van der Waals surface area contributed by atoms with Crippen molar-refractivity contribution in [2.75, 3.05) is 27.9 Å². The van der Waals surface area contributed by atoms with Crippen LogP contribution in [0.5, 0.6) is 11.5 Å². The number of hydrogen-bond donors (Lipinski definition) is 0. The molecule has 4 rings (SSSR count). The fourth-order valence-corrected chi connectivity index (χ4v) is 3.72. The van der Waals surface area contributed by atoms with Crippen LogP contribution in [0.15, 0.2) is 66.0 Å². The predicted octanol–water partition coefficient (Wildman–Crippen LogP) is 6.03. The summed E-state index contributed by atoms with van der Waals surface area (Å²) in [5.41, 5.74) is 3.20. The number of benzene rings is 2. The molecule has 0 bridgehead atoms. The lowest BCUT2D eigenvalue weighted by Gasteiger charge is -2.22. The van der Waals surface area contributed by atoms with Crippen LogP contribution in [0.1, 0.15) is 58.6 Å². The van der Waals surface area contributed by atoms with E-state index in [1.54, 1.807) is 35.2 Å². The standard InChI is InChI=1S/C17H20N2O4.C7H8O.C4H8O.C3H8/c1-10(23-11(2)20)17(21)19-9-13-5-4-12-6-7-14(22-3)8-15(12)16(13)18-19;1-8-7-5-3-2-4-6-7;1-4(2)5-3;1-3-2/h6-8,10,13H,4-5,9H2,1-3H3;2-6H,1H3;1H2,2-3H3;3H2,1-2H3. The Morgan fingerprint density at radius 2 is 1.62 bits per heavy atom. The monoisotopic (exact) mass is 540 g/mol. The molecule has 0 spiro atoms. The molecule has 1 amide bonds. The first-order valence-electron chi connectivity index (χ1n) is 13.1. The molecule has 2 unspecified atom stereocenters. The van der Waals surface area contributed by atoms with Gasteiger partial charge in [-0.2, -0.15) is 5.10 Å². The second-order valence-corrected chi connectivity index (χ2v) is 9.05. The van der Waals surface area contributed by atoms with Crippen LogP contribution in [-0.4, -0.2) is 56.6 Å². The summed E-state index contributed by atoms with van der Waals surface area (Å²) in [6, 6.07) is 15.7. The maximum absolute atomic E-state index is 12.4. The van der Waals surface area contributed by atoms with Crippen molar-refractivity contribution in [3.05, 3.63) is 72.0 Å². The predicted molar refractivity (Wildman–Crippen MR) is 155 cm³/mol. The molecule has 1 aliphatic heterocycles. The number of fused-ring (bicyclic) bond motifs is 3. The van der Waals surface area contributed by atoms with E-state index in [0.29, 0.717) is 6.54 Å². The summed E-state index contributed by atoms with van der Waals surface area (Å²) < 4.78 is 19.7. The van der Waals surface area contributed by atoms with Crippen molar-refractivity contribution < 1.29 is 28.5 Å². The molecule has 0 radical (unpaired) electrons. The lowest BCUT2D eigenvalue weighted by Crippen LogP contribution is -2.36. The molecule has 2 atom stereocenters. The normalized spacial score (nSPS) is 15.0. The van der Waals surface area contributed by atoms with Gasteiger partial charge in [0, 0.05) is 18.4 Å². The molecule has 8 nitrogen and oxygen atoms in total. The number of para-hydroxylation sites is 1. The van der Waals surface area contributed by atoms with E-state index in [1.807, 2.05) is 42.5 Å². The zero-order chi connectivity index (χ0) is 29.4. The van der Waals surface area contributed by atoms with Gasteiger partial charge < -0.3 is 18.9 Å². The average Bonchev–Trinajstić information content (AvgIpc) is 3.38. The van der Waals surface area contributed by atoms with Crippen LogP contribution in [0.2, 0.25) is 0 Å². The van der Waals surface area contributed by atoms with Gasteiger partial charge in [-0.3, -0.25) is 9.59 Å². The van der Waals surface area contributed by atoms with Crippen molar-refractivity contribution in [3.63, 3.8) is 0 Å². The van der Waals surface area contributed by atoms with Crippen molar-refractivity contribution in [3.8, 4) is 11.5 Å². The second-order valence-electron chi connectivity index (χ2n) is 9.05. The van der Waals surface area contributed by atoms with Crippen molar-refractivity contribution in [2.24, 2.45) is 11.0 Å². The SMILES string of the molecule is C=C(C)OC.CCC.COc1ccc2c(c1)C1=NN(C(=O)C(C)OC(C)=O)CC1CC2.COc1ccccc1. The number of nitrogens with zero attached hydrogens (tertiary/aromatic N) is 2. The summed E-state index contributed by atoms with van der Waals surface area (Å²) in [6.45, 7) is 12.9. The smallest absolute Gasteiger partial charge is 0.303 e. The summed E-state index contributed by atoms with van der Waals surface area (Å²) >= 11 is 0. The maximum atomic E-state index is 12.4. The van der Waals surface area contributed by atoms with Gasteiger partial charge in [0.25, 0.3) is 5.91 Å². The Morgan fingerprint density at radius 1 is 1.03 bits per heavy atom. The van der Waals surface area contributed by atoms with E-state index in [1.165, 1.54) is 23.9 Å². The number of ether oxygens (including phenoxy) is 4. The number of hydrazone groups is 1. The van der Waals surface area contributed by atoms with Gasteiger partial charge in [-0.1, -0.05) is 51.1 Å². The minimum absolute atomic E-state index is 0.225. The highest BCUT2D eigenvalue weighted by atomic mass is 16.5. The Morgan fingerprint density at radius 3 is 2.10 bits per heavy atom. The Hall–Kier alpha value is -3.81. The van der Waals surface area contributed by atoms with Crippen molar-refractivity contribution in [1.29, 1.82) is 0 Å².